The van der Waals surface area contributed by atoms with Crippen molar-refractivity contribution in [2.45, 2.75) is 12.8 Å². The first-order chi connectivity index (χ1) is 10.7. The first-order valence-corrected chi connectivity index (χ1v) is 6.89. The maximum absolute atomic E-state index is 12.8. The first kappa shape index (κ1) is 13.9. The number of carbonyl (C=O) groups is 2. The van der Waals surface area contributed by atoms with Crippen molar-refractivity contribution in [2.75, 3.05) is 0 Å². The van der Waals surface area contributed by atoms with Gasteiger partial charge in [0.2, 0.25) is 0 Å². The highest BCUT2D eigenvalue weighted by Gasteiger charge is 2.31. The average Bonchev–Trinajstić information content (AvgIpc) is 2.54. The molecule has 0 saturated carbocycles. The smallest absolute Gasteiger partial charge is 0.194 e. The molecule has 0 unspecified atom stereocenters. The van der Waals surface area contributed by atoms with Gasteiger partial charge in [-0.2, -0.15) is 0 Å². The van der Waals surface area contributed by atoms with Crippen LogP contribution in [0.5, 0.6) is 0 Å². The van der Waals surface area contributed by atoms with Crippen LogP contribution in [0, 0.1) is 24.7 Å². The Hall–Kier alpha value is -3.10. The number of benzene rings is 2. The van der Waals surface area contributed by atoms with Gasteiger partial charge in [0.15, 0.2) is 11.6 Å². The summed E-state index contributed by atoms with van der Waals surface area (Å²) < 4.78 is 0. The Morgan fingerprint density at radius 2 is 1.41 bits per heavy atom. The van der Waals surface area contributed by atoms with Gasteiger partial charge in [-0.15, -0.1) is 24.7 Å². The van der Waals surface area contributed by atoms with Crippen LogP contribution in [0.2, 0.25) is 0 Å². The molecule has 1 aliphatic carbocycles. The SMILES string of the molecule is C#CCc1ccc2c(c1CC#C)C(=O)c1ccccc1C2=O. The van der Waals surface area contributed by atoms with E-state index in [0.29, 0.717) is 34.2 Å². The Morgan fingerprint density at radius 3 is 2.05 bits per heavy atom. The monoisotopic (exact) mass is 284 g/mol. The number of hydrogen-bond acceptors (Lipinski definition) is 2. The van der Waals surface area contributed by atoms with Gasteiger partial charge in [0.25, 0.3) is 0 Å². The summed E-state index contributed by atoms with van der Waals surface area (Å²) in [6.45, 7) is 0. The number of hydrogen-bond donors (Lipinski definition) is 0. The first-order valence-electron chi connectivity index (χ1n) is 6.89. The Labute approximate surface area is 129 Å². The molecule has 104 valence electrons. The lowest BCUT2D eigenvalue weighted by Crippen LogP contribution is -2.23. The molecule has 0 aliphatic heterocycles. The van der Waals surface area contributed by atoms with E-state index in [1.807, 2.05) is 0 Å². The summed E-state index contributed by atoms with van der Waals surface area (Å²) in [6, 6.07) is 10.3. The zero-order valence-corrected chi connectivity index (χ0v) is 11.8. The van der Waals surface area contributed by atoms with Crippen molar-refractivity contribution in [1.82, 2.24) is 0 Å². The van der Waals surface area contributed by atoms with Gasteiger partial charge in [0, 0.05) is 35.1 Å². The largest absolute Gasteiger partial charge is 0.289 e. The van der Waals surface area contributed by atoms with Crippen molar-refractivity contribution in [3.05, 3.63) is 69.8 Å². The highest BCUT2D eigenvalue weighted by molar-refractivity contribution is 6.29. The van der Waals surface area contributed by atoms with Crippen LogP contribution in [0.25, 0.3) is 0 Å². The Kier molecular flexibility index (Phi) is 3.37. The van der Waals surface area contributed by atoms with Crippen LogP contribution in [0.15, 0.2) is 36.4 Å². The molecule has 0 aromatic heterocycles. The minimum absolute atomic E-state index is 0.143. The van der Waals surface area contributed by atoms with E-state index < -0.39 is 0 Å². The van der Waals surface area contributed by atoms with Crippen LogP contribution in [0.3, 0.4) is 0 Å². The molecule has 2 nitrogen and oxygen atoms in total. The van der Waals surface area contributed by atoms with Crippen molar-refractivity contribution >= 4 is 11.6 Å². The summed E-state index contributed by atoms with van der Waals surface area (Å²) >= 11 is 0. The average molecular weight is 284 g/mol. The molecular formula is C20H12O2. The van der Waals surface area contributed by atoms with Crippen LogP contribution in [0.4, 0.5) is 0 Å². The molecule has 2 aromatic rings. The maximum Gasteiger partial charge on any atom is 0.194 e. The zero-order valence-electron chi connectivity index (χ0n) is 11.8. The molecule has 0 atom stereocenters. The predicted octanol–water partition coefficient (Wildman–Crippen LogP) is 2.81. The normalized spacial score (nSPS) is 12.1. The molecule has 0 fully saturated rings. The minimum atomic E-state index is -0.158. The molecule has 0 bridgehead atoms. The summed E-state index contributed by atoms with van der Waals surface area (Å²) in [5.41, 5.74) is 3.22. The Balaban J connectivity index is 2.31. The van der Waals surface area contributed by atoms with Gasteiger partial charge >= 0.3 is 0 Å². The van der Waals surface area contributed by atoms with Gasteiger partial charge < -0.3 is 0 Å². The second kappa shape index (κ2) is 5.35. The van der Waals surface area contributed by atoms with Crippen LogP contribution >= 0.6 is 0 Å². The summed E-state index contributed by atoms with van der Waals surface area (Å²) in [6.07, 6.45) is 11.5. The molecular weight excluding hydrogens is 272 g/mol. The number of carbonyl (C=O) groups excluding carboxylic acids is 2. The van der Waals surface area contributed by atoms with Crippen LogP contribution < -0.4 is 0 Å². The third-order valence-electron chi connectivity index (χ3n) is 3.87. The fraction of sp³-hybridized carbons (Fsp3) is 0.100. The zero-order chi connectivity index (χ0) is 15.7. The van der Waals surface area contributed by atoms with Crippen LogP contribution in [-0.4, -0.2) is 11.6 Å². The number of rotatable bonds is 2. The van der Waals surface area contributed by atoms with E-state index in [-0.39, 0.29) is 18.0 Å². The predicted molar refractivity (Wildman–Crippen MR) is 84.8 cm³/mol. The Bertz CT molecular complexity index is 889. The molecule has 2 aromatic carbocycles. The fourth-order valence-electron chi connectivity index (χ4n) is 2.88. The highest BCUT2D eigenvalue weighted by atomic mass is 16.1. The third kappa shape index (κ3) is 1.94. The van der Waals surface area contributed by atoms with Crippen LogP contribution in [0.1, 0.15) is 43.0 Å². The van der Waals surface area contributed by atoms with Gasteiger partial charge in [-0.25, -0.2) is 0 Å². The standard InChI is InChI=1S/C20H12O2/c1-3-7-13-11-12-17-18(14(13)8-4-2)20(22)16-10-6-5-9-15(16)19(17)21/h1-2,5-6,9-12H,7-8H2. The van der Waals surface area contributed by atoms with Crippen molar-refractivity contribution < 1.29 is 9.59 Å². The van der Waals surface area contributed by atoms with Gasteiger partial charge in [-0.3, -0.25) is 9.59 Å². The molecule has 0 amide bonds. The minimum Gasteiger partial charge on any atom is -0.289 e. The summed E-state index contributed by atoms with van der Waals surface area (Å²) in [7, 11) is 0. The molecule has 0 heterocycles. The molecule has 0 radical (unpaired) electrons. The molecule has 1 aliphatic rings. The number of terminal acetylenes is 2. The topological polar surface area (TPSA) is 34.1 Å². The number of fused-ring (bicyclic) bond motifs is 2. The van der Waals surface area contributed by atoms with Crippen LogP contribution in [-0.2, 0) is 12.8 Å². The quantitative estimate of drug-likeness (QED) is 0.678. The third-order valence-corrected chi connectivity index (χ3v) is 3.87. The van der Waals surface area contributed by atoms with E-state index in [4.69, 9.17) is 12.8 Å². The van der Waals surface area contributed by atoms with E-state index in [0.717, 1.165) is 5.56 Å². The van der Waals surface area contributed by atoms with E-state index in [2.05, 4.69) is 11.8 Å². The lowest BCUT2D eigenvalue weighted by atomic mass is 9.79. The summed E-state index contributed by atoms with van der Waals surface area (Å²) in [5, 5.41) is 0. The second-order valence-corrected chi connectivity index (χ2v) is 5.09. The van der Waals surface area contributed by atoms with Crippen molar-refractivity contribution in [3.8, 4) is 24.7 Å². The van der Waals surface area contributed by atoms with E-state index >= 15 is 0 Å². The Morgan fingerprint density at radius 1 is 0.773 bits per heavy atom. The summed E-state index contributed by atoms with van der Waals surface area (Å²) in [4.78, 5) is 25.5. The number of ketones is 2. The van der Waals surface area contributed by atoms with E-state index in [1.54, 1.807) is 36.4 Å². The van der Waals surface area contributed by atoms with Gasteiger partial charge in [-0.1, -0.05) is 30.3 Å². The van der Waals surface area contributed by atoms with E-state index in [9.17, 15) is 9.59 Å². The van der Waals surface area contributed by atoms with Crippen molar-refractivity contribution in [1.29, 1.82) is 0 Å². The van der Waals surface area contributed by atoms with Gasteiger partial charge in [-0.05, 0) is 17.2 Å². The molecule has 2 heteroatoms. The highest BCUT2D eigenvalue weighted by Crippen LogP contribution is 2.31. The molecule has 0 spiro atoms. The second-order valence-electron chi connectivity index (χ2n) is 5.09. The maximum atomic E-state index is 12.8. The fourth-order valence-corrected chi connectivity index (χ4v) is 2.88. The molecule has 3 rings (SSSR count). The summed E-state index contributed by atoms with van der Waals surface area (Å²) in [5.74, 6) is 4.83. The molecule has 0 saturated heterocycles. The van der Waals surface area contributed by atoms with Gasteiger partial charge in [0.1, 0.15) is 0 Å². The van der Waals surface area contributed by atoms with Crippen molar-refractivity contribution in [3.63, 3.8) is 0 Å². The molecule has 22 heavy (non-hydrogen) atoms. The van der Waals surface area contributed by atoms with Gasteiger partial charge in [0.05, 0.1) is 0 Å². The van der Waals surface area contributed by atoms with E-state index in [1.165, 1.54) is 0 Å². The lowest BCUT2D eigenvalue weighted by Gasteiger charge is -2.21. The van der Waals surface area contributed by atoms with Crippen molar-refractivity contribution in [2.24, 2.45) is 0 Å². The molecule has 0 N–H and O–H groups in total. The lowest BCUT2D eigenvalue weighted by molar-refractivity contribution is 0.0978.